The Hall–Kier alpha value is -2.34. The first kappa shape index (κ1) is 22.0. The average Bonchev–Trinajstić information content (AvgIpc) is 2.68. The summed E-state index contributed by atoms with van der Waals surface area (Å²) < 4.78 is 0. The third kappa shape index (κ3) is 5.58. The molecule has 0 saturated carbocycles. The molecule has 1 N–H and O–H groups in total. The smallest absolute Gasteiger partial charge is 0.219 e. The van der Waals surface area contributed by atoms with Gasteiger partial charge < -0.3 is 9.94 Å². The number of hydrogen-bond acceptors (Lipinski definition) is 6. The second-order valence-corrected chi connectivity index (χ2v) is 7.80. The van der Waals surface area contributed by atoms with Crippen molar-refractivity contribution < 1.29 is 19.5 Å². The molecule has 1 aromatic carbocycles. The summed E-state index contributed by atoms with van der Waals surface area (Å²) in [6.45, 7) is 7.74. The van der Waals surface area contributed by atoms with Gasteiger partial charge in [0.15, 0.2) is 5.78 Å². The van der Waals surface area contributed by atoms with Gasteiger partial charge in [0.05, 0.1) is 11.3 Å². The van der Waals surface area contributed by atoms with E-state index in [1.807, 2.05) is 26.0 Å². The molecule has 1 aliphatic rings. The summed E-state index contributed by atoms with van der Waals surface area (Å²) in [5.74, 6) is 0.538. The van der Waals surface area contributed by atoms with Crippen molar-refractivity contribution in [1.29, 1.82) is 0 Å². The van der Waals surface area contributed by atoms with Gasteiger partial charge in [-0.1, -0.05) is 74.1 Å². The fourth-order valence-electron chi connectivity index (χ4n) is 3.18. The van der Waals surface area contributed by atoms with Gasteiger partial charge in [0.2, 0.25) is 5.12 Å². The van der Waals surface area contributed by atoms with Gasteiger partial charge in [-0.2, -0.15) is 0 Å². The van der Waals surface area contributed by atoms with Crippen LogP contribution in [0.1, 0.15) is 61.4 Å². The lowest BCUT2D eigenvalue weighted by atomic mass is 9.80. The van der Waals surface area contributed by atoms with Gasteiger partial charge in [0.1, 0.15) is 12.4 Å². The van der Waals surface area contributed by atoms with E-state index in [-0.39, 0.29) is 34.8 Å². The molecule has 28 heavy (non-hydrogen) atoms. The van der Waals surface area contributed by atoms with E-state index in [1.54, 1.807) is 18.2 Å². The highest BCUT2D eigenvalue weighted by atomic mass is 32.2. The van der Waals surface area contributed by atoms with Gasteiger partial charge in [0, 0.05) is 18.4 Å². The standard InChI is InChI=1S/C22H27NO4S/c1-4-7-18(23-27-12-5-2)21-19(24)13-17(14-20(21)25)15-8-10-16(11-9-15)22(26)28-6-3/h5,8-11,17,24H,2,4,6-7,12-14H2,1,3H3. The lowest BCUT2D eigenvalue weighted by Gasteiger charge is -2.24. The van der Waals surface area contributed by atoms with Crippen LogP contribution in [-0.2, 0) is 9.63 Å². The number of Topliss-reactive ketones (excluding diaryl/α,β-unsaturated/α-hetero) is 1. The summed E-state index contributed by atoms with van der Waals surface area (Å²) in [7, 11) is 0. The minimum absolute atomic E-state index is 0.0405. The minimum Gasteiger partial charge on any atom is -0.511 e. The molecule has 0 aliphatic heterocycles. The molecule has 1 aromatic rings. The van der Waals surface area contributed by atoms with Crippen LogP contribution in [0.15, 0.2) is 53.4 Å². The van der Waals surface area contributed by atoms with Crippen LogP contribution < -0.4 is 0 Å². The van der Waals surface area contributed by atoms with Gasteiger partial charge in [-0.25, -0.2) is 0 Å². The molecule has 150 valence electrons. The van der Waals surface area contributed by atoms with Crippen molar-refractivity contribution in [2.45, 2.75) is 45.4 Å². The quantitative estimate of drug-likeness (QED) is 0.266. The fourth-order valence-corrected chi connectivity index (χ4v) is 3.75. The molecule has 0 radical (unpaired) electrons. The molecular formula is C22H27NO4S. The van der Waals surface area contributed by atoms with Crippen molar-refractivity contribution >= 4 is 28.4 Å². The molecule has 6 heteroatoms. The number of nitrogens with zero attached hydrogens (tertiary/aromatic N) is 1. The van der Waals surface area contributed by atoms with E-state index in [2.05, 4.69) is 11.7 Å². The Bertz CT molecular complexity index is 780. The second kappa shape index (κ2) is 10.9. The molecule has 1 aliphatic carbocycles. The molecule has 5 nitrogen and oxygen atoms in total. The highest BCUT2D eigenvalue weighted by Gasteiger charge is 2.31. The highest BCUT2D eigenvalue weighted by Crippen LogP contribution is 2.35. The van der Waals surface area contributed by atoms with Crippen molar-refractivity contribution in [3.05, 3.63) is 59.4 Å². The summed E-state index contributed by atoms with van der Waals surface area (Å²) in [4.78, 5) is 29.9. The predicted molar refractivity (Wildman–Crippen MR) is 114 cm³/mol. The number of carbonyl (C=O) groups is 2. The topological polar surface area (TPSA) is 76.0 Å². The first-order chi connectivity index (χ1) is 13.5. The zero-order valence-corrected chi connectivity index (χ0v) is 17.3. The number of rotatable bonds is 9. The summed E-state index contributed by atoms with van der Waals surface area (Å²) in [5, 5.41) is 14.7. The van der Waals surface area contributed by atoms with Gasteiger partial charge in [-0.05, 0) is 23.7 Å². The third-order valence-electron chi connectivity index (χ3n) is 4.47. The zero-order chi connectivity index (χ0) is 20.5. The molecule has 0 aromatic heterocycles. The zero-order valence-electron chi connectivity index (χ0n) is 16.4. The van der Waals surface area contributed by atoms with Gasteiger partial charge in [-0.15, -0.1) is 0 Å². The highest BCUT2D eigenvalue weighted by molar-refractivity contribution is 8.14. The molecule has 1 unspecified atom stereocenters. The molecule has 2 rings (SSSR count). The van der Waals surface area contributed by atoms with Gasteiger partial charge in [-0.3, -0.25) is 9.59 Å². The first-order valence-electron chi connectivity index (χ1n) is 9.54. The Morgan fingerprint density at radius 3 is 2.61 bits per heavy atom. The number of hydrogen-bond donors (Lipinski definition) is 1. The summed E-state index contributed by atoms with van der Waals surface area (Å²) in [6.07, 6.45) is 3.57. The third-order valence-corrected chi connectivity index (χ3v) is 5.26. The summed E-state index contributed by atoms with van der Waals surface area (Å²) >= 11 is 1.27. The number of thioether (sulfide) groups is 1. The molecule has 0 spiro atoms. The lowest BCUT2D eigenvalue weighted by Crippen LogP contribution is -2.24. The maximum Gasteiger partial charge on any atom is 0.219 e. The molecular weight excluding hydrogens is 374 g/mol. The van der Waals surface area contributed by atoms with Crippen molar-refractivity contribution in [2.75, 3.05) is 12.4 Å². The fraction of sp³-hybridized carbons (Fsp3) is 0.409. The molecule has 0 saturated heterocycles. The van der Waals surface area contributed by atoms with Crippen LogP contribution in [0.2, 0.25) is 0 Å². The number of oxime groups is 1. The van der Waals surface area contributed by atoms with Crippen molar-refractivity contribution in [2.24, 2.45) is 5.16 Å². The number of allylic oxidation sites excluding steroid dienone is 2. The van der Waals surface area contributed by atoms with Crippen molar-refractivity contribution in [1.82, 2.24) is 0 Å². The van der Waals surface area contributed by atoms with Crippen LogP contribution in [0.3, 0.4) is 0 Å². The summed E-state index contributed by atoms with van der Waals surface area (Å²) in [6, 6.07) is 7.31. The molecule has 0 amide bonds. The van der Waals surface area contributed by atoms with E-state index >= 15 is 0 Å². The van der Waals surface area contributed by atoms with Crippen molar-refractivity contribution in [3.8, 4) is 0 Å². The Kier molecular flexibility index (Phi) is 8.51. The first-order valence-corrected chi connectivity index (χ1v) is 10.5. The van der Waals surface area contributed by atoms with E-state index in [0.29, 0.717) is 30.5 Å². The maximum atomic E-state index is 12.8. The van der Waals surface area contributed by atoms with E-state index < -0.39 is 0 Å². The van der Waals surface area contributed by atoms with Gasteiger partial charge in [0.25, 0.3) is 0 Å². The Morgan fingerprint density at radius 1 is 1.32 bits per heavy atom. The molecule has 0 heterocycles. The summed E-state index contributed by atoms with van der Waals surface area (Å²) in [5.41, 5.74) is 2.36. The van der Waals surface area contributed by atoms with Crippen LogP contribution in [0.5, 0.6) is 0 Å². The number of aliphatic hydroxyl groups excluding tert-OH is 1. The lowest BCUT2D eigenvalue weighted by molar-refractivity contribution is -0.116. The number of ketones is 1. The molecule has 0 bridgehead atoms. The van der Waals surface area contributed by atoms with E-state index in [9.17, 15) is 14.7 Å². The Morgan fingerprint density at radius 2 is 2.04 bits per heavy atom. The van der Waals surface area contributed by atoms with Crippen LogP contribution in [0.25, 0.3) is 0 Å². The SMILES string of the molecule is C=CCON=C(CCC)C1=C(O)CC(c2ccc(C(=O)SCC)cc2)CC1=O. The Labute approximate surface area is 170 Å². The van der Waals surface area contributed by atoms with Crippen molar-refractivity contribution in [3.63, 3.8) is 0 Å². The second-order valence-electron chi connectivity index (χ2n) is 6.56. The van der Waals surface area contributed by atoms with Gasteiger partial charge >= 0.3 is 0 Å². The number of aliphatic hydroxyl groups is 1. The van der Waals surface area contributed by atoms with Crippen LogP contribution >= 0.6 is 11.8 Å². The Balaban J connectivity index is 2.20. The van der Waals surface area contributed by atoms with Crippen LogP contribution in [-0.4, -0.2) is 34.1 Å². The van der Waals surface area contributed by atoms with Crippen LogP contribution in [0, 0.1) is 0 Å². The van der Waals surface area contributed by atoms with E-state index in [0.717, 1.165) is 17.7 Å². The molecule has 1 atom stereocenters. The average molecular weight is 402 g/mol. The number of carbonyl (C=O) groups excluding carboxylic acids is 2. The molecule has 0 fully saturated rings. The minimum atomic E-state index is -0.134. The number of benzene rings is 1. The predicted octanol–water partition coefficient (Wildman–Crippen LogP) is 5.20. The van der Waals surface area contributed by atoms with E-state index in [1.165, 1.54) is 11.8 Å². The van der Waals surface area contributed by atoms with E-state index in [4.69, 9.17) is 4.84 Å². The maximum absolute atomic E-state index is 12.8. The monoisotopic (exact) mass is 401 g/mol. The normalized spacial score (nSPS) is 17.6. The van der Waals surface area contributed by atoms with Crippen LogP contribution in [0.4, 0.5) is 0 Å². The largest absolute Gasteiger partial charge is 0.511 e.